The quantitative estimate of drug-likeness (QED) is 0.669. The topological polar surface area (TPSA) is 83.9 Å². The smallest absolute Gasteiger partial charge is 0.414 e. The van der Waals surface area contributed by atoms with Crippen LogP contribution in [0.1, 0.15) is 26.3 Å². The highest BCUT2D eigenvalue weighted by Crippen LogP contribution is 2.20. The predicted octanol–water partition coefficient (Wildman–Crippen LogP) is 3.24. The van der Waals surface area contributed by atoms with Crippen molar-refractivity contribution in [2.75, 3.05) is 18.1 Å². The van der Waals surface area contributed by atoms with Crippen LogP contribution in [0.25, 0.3) is 6.08 Å². The molecule has 25 heavy (non-hydrogen) atoms. The van der Waals surface area contributed by atoms with Gasteiger partial charge in [0.05, 0.1) is 12.1 Å². The molecule has 1 fully saturated rings. The number of cyclic esters (lactones) is 1. The fourth-order valence-electron chi connectivity index (χ4n) is 2.46. The van der Waals surface area contributed by atoms with Crippen molar-refractivity contribution >= 4 is 29.6 Å². The number of amides is 1. The van der Waals surface area contributed by atoms with Crippen LogP contribution in [0, 0.1) is 0 Å². The molecule has 6 nitrogen and oxygen atoms in total. The third-order valence-electron chi connectivity index (χ3n) is 3.79. The molecule has 6 heteroatoms. The number of rotatable bonds is 5. The van der Waals surface area contributed by atoms with Crippen LogP contribution in [0.3, 0.4) is 0 Å². The molecule has 1 N–H and O–H groups in total. The molecule has 0 atom stereocenters. The van der Waals surface area contributed by atoms with Crippen LogP contribution in [0.2, 0.25) is 0 Å². The van der Waals surface area contributed by atoms with E-state index in [4.69, 9.17) is 9.84 Å². The van der Waals surface area contributed by atoms with E-state index < -0.39 is 12.1 Å². The first-order valence-electron chi connectivity index (χ1n) is 7.65. The largest absolute Gasteiger partial charge is 0.478 e. The molecular formula is C19H15NO5. The van der Waals surface area contributed by atoms with Crippen LogP contribution in [0.5, 0.6) is 0 Å². The SMILES string of the molecule is O=C(O)c1ccc(C=CC(=O)c2cccc(N3CCOC3=O)c2)cc1. The fourth-order valence-corrected chi connectivity index (χ4v) is 2.46. The number of ether oxygens (including phenoxy) is 1. The second-order valence-corrected chi connectivity index (χ2v) is 5.44. The van der Waals surface area contributed by atoms with E-state index in [0.29, 0.717) is 24.4 Å². The molecule has 0 radical (unpaired) electrons. The zero-order valence-corrected chi connectivity index (χ0v) is 13.2. The molecule has 1 saturated heterocycles. The summed E-state index contributed by atoms with van der Waals surface area (Å²) in [7, 11) is 0. The maximum atomic E-state index is 12.3. The number of carbonyl (C=O) groups is 3. The van der Waals surface area contributed by atoms with Crippen LogP contribution in [-0.2, 0) is 4.74 Å². The minimum Gasteiger partial charge on any atom is -0.478 e. The first kappa shape index (κ1) is 16.4. The van der Waals surface area contributed by atoms with Gasteiger partial charge < -0.3 is 9.84 Å². The number of aromatic carboxylic acids is 1. The lowest BCUT2D eigenvalue weighted by atomic mass is 10.1. The lowest BCUT2D eigenvalue weighted by Gasteiger charge is -2.13. The number of hydrogen-bond donors (Lipinski definition) is 1. The Morgan fingerprint density at radius 1 is 1.08 bits per heavy atom. The molecule has 2 aromatic carbocycles. The minimum atomic E-state index is -0.996. The molecule has 0 aromatic heterocycles. The van der Waals surface area contributed by atoms with E-state index in [0.717, 1.165) is 5.56 Å². The Labute approximate surface area is 143 Å². The number of benzene rings is 2. The molecule has 0 saturated carbocycles. The van der Waals surface area contributed by atoms with Crippen LogP contribution in [0.4, 0.5) is 10.5 Å². The highest BCUT2D eigenvalue weighted by Gasteiger charge is 2.23. The van der Waals surface area contributed by atoms with Crippen LogP contribution in [-0.4, -0.2) is 36.1 Å². The van der Waals surface area contributed by atoms with E-state index in [2.05, 4.69) is 0 Å². The lowest BCUT2D eigenvalue weighted by Crippen LogP contribution is -2.23. The zero-order chi connectivity index (χ0) is 17.8. The van der Waals surface area contributed by atoms with Crippen molar-refractivity contribution < 1.29 is 24.2 Å². The summed E-state index contributed by atoms with van der Waals surface area (Å²) in [5.74, 6) is -1.21. The molecular weight excluding hydrogens is 322 g/mol. The summed E-state index contributed by atoms with van der Waals surface area (Å²) in [5.41, 5.74) is 1.98. The molecule has 3 rings (SSSR count). The van der Waals surface area contributed by atoms with Crippen molar-refractivity contribution in [3.8, 4) is 0 Å². The maximum Gasteiger partial charge on any atom is 0.414 e. The average Bonchev–Trinajstić information content (AvgIpc) is 3.06. The zero-order valence-electron chi connectivity index (χ0n) is 13.2. The van der Waals surface area contributed by atoms with Gasteiger partial charge in [-0.15, -0.1) is 0 Å². The molecule has 0 spiro atoms. The van der Waals surface area contributed by atoms with Gasteiger partial charge in [-0.2, -0.15) is 0 Å². The Balaban J connectivity index is 1.74. The molecule has 0 unspecified atom stereocenters. The third-order valence-corrected chi connectivity index (χ3v) is 3.79. The normalized spacial score (nSPS) is 13.9. The van der Waals surface area contributed by atoms with Crippen LogP contribution >= 0.6 is 0 Å². The Morgan fingerprint density at radius 3 is 2.48 bits per heavy atom. The van der Waals surface area contributed by atoms with Crippen molar-refractivity contribution in [1.29, 1.82) is 0 Å². The van der Waals surface area contributed by atoms with E-state index in [1.165, 1.54) is 23.1 Å². The van der Waals surface area contributed by atoms with Crippen LogP contribution in [0.15, 0.2) is 54.6 Å². The van der Waals surface area contributed by atoms with Gasteiger partial charge in [0.25, 0.3) is 0 Å². The first-order valence-corrected chi connectivity index (χ1v) is 7.65. The highest BCUT2D eigenvalue weighted by atomic mass is 16.6. The van der Waals surface area contributed by atoms with E-state index in [1.54, 1.807) is 42.5 Å². The number of allylic oxidation sites excluding steroid dienone is 1. The average molecular weight is 337 g/mol. The second kappa shape index (κ2) is 7.00. The number of carboxylic acids is 1. The van der Waals surface area contributed by atoms with Crippen molar-refractivity contribution in [1.82, 2.24) is 0 Å². The van der Waals surface area contributed by atoms with Gasteiger partial charge in [0.2, 0.25) is 0 Å². The van der Waals surface area contributed by atoms with Crippen molar-refractivity contribution in [3.05, 3.63) is 71.3 Å². The Bertz CT molecular complexity index is 854. The number of anilines is 1. The Morgan fingerprint density at radius 2 is 1.84 bits per heavy atom. The van der Waals surface area contributed by atoms with E-state index in [9.17, 15) is 14.4 Å². The minimum absolute atomic E-state index is 0.189. The maximum absolute atomic E-state index is 12.3. The van der Waals surface area contributed by atoms with Crippen molar-refractivity contribution in [2.45, 2.75) is 0 Å². The number of ketones is 1. The van der Waals surface area contributed by atoms with Gasteiger partial charge in [0.1, 0.15) is 6.61 Å². The highest BCUT2D eigenvalue weighted by molar-refractivity contribution is 6.07. The van der Waals surface area contributed by atoms with Gasteiger partial charge in [0, 0.05) is 11.3 Å². The Hall–Kier alpha value is -3.41. The summed E-state index contributed by atoms with van der Waals surface area (Å²) in [6.07, 6.45) is 2.61. The summed E-state index contributed by atoms with van der Waals surface area (Å²) >= 11 is 0. The van der Waals surface area contributed by atoms with Gasteiger partial charge >= 0.3 is 12.1 Å². The summed E-state index contributed by atoms with van der Waals surface area (Å²) in [6.45, 7) is 0.797. The molecule has 2 aromatic rings. The van der Waals surface area contributed by atoms with Gasteiger partial charge in [0.15, 0.2) is 5.78 Å². The number of hydrogen-bond acceptors (Lipinski definition) is 4. The monoisotopic (exact) mass is 337 g/mol. The van der Waals surface area contributed by atoms with Gasteiger partial charge in [-0.25, -0.2) is 9.59 Å². The number of nitrogens with zero attached hydrogens (tertiary/aromatic N) is 1. The third kappa shape index (κ3) is 3.74. The van der Waals surface area contributed by atoms with Gasteiger partial charge in [-0.05, 0) is 35.9 Å². The Kier molecular flexibility index (Phi) is 4.61. The molecule has 0 aliphatic carbocycles. The summed E-state index contributed by atoms with van der Waals surface area (Å²) < 4.78 is 4.90. The van der Waals surface area contributed by atoms with Crippen LogP contribution < -0.4 is 4.90 Å². The standard InChI is InChI=1S/C19H15NO5/c21-17(9-6-13-4-7-14(8-5-13)18(22)23)15-2-1-3-16(12-15)20-10-11-25-19(20)24/h1-9,12H,10-11H2,(H,22,23). The fraction of sp³-hybridized carbons (Fsp3) is 0.105. The first-order chi connectivity index (χ1) is 12.0. The molecule has 1 amide bonds. The molecule has 1 aliphatic rings. The van der Waals surface area contributed by atoms with Crippen molar-refractivity contribution in [3.63, 3.8) is 0 Å². The number of carbonyl (C=O) groups excluding carboxylic acids is 2. The van der Waals surface area contributed by atoms with E-state index in [-0.39, 0.29) is 11.3 Å². The van der Waals surface area contributed by atoms with Gasteiger partial charge in [-0.1, -0.05) is 30.3 Å². The predicted molar refractivity (Wildman–Crippen MR) is 91.9 cm³/mol. The van der Waals surface area contributed by atoms with E-state index in [1.807, 2.05) is 0 Å². The summed E-state index contributed by atoms with van der Waals surface area (Å²) in [4.78, 5) is 36.2. The number of carboxylic acid groups (broad SMARTS) is 1. The molecule has 1 aliphatic heterocycles. The summed E-state index contributed by atoms with van der Waals surface area (Å²) in [6, 6.07) is 13.0. The van der Waals surface area contributed by atoms with E-state index >= 15 is 0 Å². The summed E-state index contributed by atoms with van der Waals surface area (Å²) in [5, 5.41) is 8.87. The van der Waals surface area contributed by atoms with Gasteiger partial charge in [-0.3, -0.25) is 9.69 Å². The van der Waals surface area contributed by atoms with Crippen molar-refractivity contribution in [2.24, 2.45) is 0 Å². The molecule has 126 valence electrons. The second-order valence-electron chi connectivity index (χ2n) is 5.44. The lowest BCUT2D eigenvalue weighted by molar-refractivity contribution is 0.0696. The molecule has 1 heterocycles. The molecule has 0 bridgehead atoms.